The second-order valence-electron chi connectivity index (χ2n) is 8.41. The molecule has 2 aromatic carbocycles. The maximum Gasteiger partial charge on any atom is 0.250 e. The topological polar surface area (TPSA) is 56.4 Å². The second kappa shape index (κ2) is 11.3. The third-order valence-corrected chi connectivity index (χ3v) is 6.24. The molecule has 174 valence electrons. The fourth-order valence-corrected chi connectivity index (χ4v) is 4.44. The van der Waals surface area contributed by atoms with Crippen LogP contribution in [0.4, 0.5) is 15.8 Å². The summed E-state index contributed by atoms with van der Waals surface area (Å²) in [6.07, 6.45) is 4.86. The summed E-state index contributed by atoms with van der Waals surface area (Å²) in [7, 11) is 0. The largest absolute Gasteiger partial charge is 0.381 e. The summed E-state index contributed by atoms with van der Waals surface area (Å²) in [5, 5.41) is 10.6. The van der Waals surface area contributed by atoms with Gasteiger partial charge >= 0.3 is 0 Å². The lowest BCUT2D eigenvalue weighted by molar-refractivity contribution is -0.118. The molecule has 5 nitrogen and oxygen atoms in total. The van der Waals surface area contributed by atoms with E-state index in [-0.39, 0.29) is 17.5 Å². The van der Waals surface area contributed by atoms with Gasteiger partial charge in [-0.2, -0.15) is 0 Å². The minimum Gasteiger partial charge on any atom is -0.381 e. The zero-order valence-corrected chi connectivity index (χ0v) is 19.4. The number of amides is 1. The highest BCUT2D eigenvalue weighted by atomic mass is 35.5. The van der Waals surface area contributed by atoms with Crippen LogP contribution in [-0.4, -0.2) is 44.7 Å². The van der Waals surface area contributed by atoms with Gasteiger partial charge in [0, 0.05) is 37.7 Å². The van der Waals surface area contributed by atoms with Crippen LogP contribution in [0, 0.1) is 0 Å². The predicted octanol–water partition coefficient (Wildman–Crippen LogP) is 4.46. The van der Waals surface area contributed by atoms with Crippen LogP contribution in [0.25, 0.3) is 0 Å². The van der Waals surface area contributed by atoms with Crippen molar-refractivity contribution in [3.05, 3.63) is 82.7 Å². The molecule has 1 fully saturated rings. The Morgan fingerprint density at radius 1 is 1.15 bits per heavy atom. The molecule has 2 aliphatic rings. The number of carbonyl (C=O) groups excluding carboxylic acids is 1. The highest BCUT2D eigenvalue weighted by Gasteiger charge is 2.21. The quantitative estimate of drug-likeness (QED) is 0.535. The van der Waals surface area contributed by atoms with E-state index in [9.17, 15) is 9.18 Å². The third kappa shape index (κ3) is 6.36. The first-order valence-electron chi connectivity index (χ1n) is 11.5. The fourth-order valence-electron chi connectivity index (χ4n) is 4.27. The average molecular weight is 469 g/mol. The Bertz CT molecular complexity index is 1020. The summed E-state index contributed by atoms with van der Waals surface area (Å²) in [4.78, 5) is 15.2. The Balaban J connectivity index is 1.51. The van der Waals surface area contributed by atoms with Gasteiger partial charge in [-0.15, -0.1) is 0 Å². The highest BCUT2D eigenvalue weighted by molar-refractivity contribution is 6.31. The van der Waals surface area contributed by atoms with Gasteiger partial charge in [-0.25, -0.2) is 4.39 Å². The van der Waals surface area contributed by atoms with Crippen molar-refractivity contribution in [2.45, 2.75) is 25.3 Å². The molecule has 2 aromatic rings. The number of piperazine rings is 1. The van der Waals surface area contributed by atoms with E-state index in [1.807, 2.05) is 48.5 Å². The standard InChI is InChI=1S/C26H30ClFN4O/c27-20-10-11-25(32-14-12-29-13-15-32)24(17-20)30-18-21(16-19-6-2-1-3-7-19)31-26(33)22-8-4-5-9-23(22)28/h1-3,5-7,9-11,17,21,29-30H,4,8,12-16,18H2,(H,31,33). The molecule has 33 heavy (non-hydrogen) atoms. The average Bonchev–Trinajstić information content (AvgIpc) is 2.84. The number of allylic oxidation sites excluding steroid dienone is 3. The van der Waals surface area contributed by atoms with E-state index in [0.29, 0.717) is 30.8 Å². The molecule has 3 N–H and O–H groups in total. The number of hydrogen-bond donors (Lipinski definition) is 3. The lowest BCUT2D eigenvalue weighted by Gasteiger charge is -2.32. The van der Waals surface area contributed by atoms with Crippen molar-refractivity contribution < 1.29 is 9.18 Å². The van der Waals surface area contributed by atoms with Crippen molar-refractivity contribution >= 4 is 28.9 Å². The number of anilines is 2. The first-order chi connectivity index (χ1) is 16.1. The Labute approximate surface area is 199 Å². The summed E-state index contributed by atoms with van der Waals surface area (Å²) >= 11 is 6.31. The van der Waals surface area contributed by atoms with Crippen LogP contribution < -0.4 is 20.9 Å². The molecule has 0 radical (unpaired) electrons. The molecule has 1 atom stereocenters. The number of nitrogens with one attached hydrogen (secondary N) is 3. The van der Waals surface area contributed by atoms with Gasteiger partial charge in [-0.1, -0.05) is 48.0 Å². The van der Waals surface area contributed by atoms with Crippen LogP contribution in [0.15, 0.2) is 72.1 Å². The zero-order chi connectivity index (χ0) is 23.0. The number of halogens is 2. The Kier molecular flexibility index (Phi) is 8.02. The number of nitrogens with zero attached hydrogens (tertiary/aromatic N) is 1. The van der Waals surface area contributed by atoms with Gasteiger partial charge in [-0.05, 0) is 49.1 Å². The van der Waals surface area contributed by atoms with Crippen molar-refractivity contribution in [3.63, 3.8) is 0 Å². The summed E-state index contributed by atoms with van der Waals surface area (Å²) in [6, 6.07) is 15.6. The van der Waals surface area contributed by atoms with Crippen molar-refractivity contribution in [3.8, 4) is 0 Å². The number of rotatable bonds is 8. The molecule has 0 bridgehead atoms. The first-order valence-corrected chi connectivity index (χ1v) is 11.9. The van der Waals surface area contributed by atoms with Crippen molar-refractivity contribution in [1.29, 1.82) is 0 Å². The predicted molar refractivity (Wildman–Crippen MR) is 134 cm³/mol. The maximum atomic E-state index is 14.2. The normalized spacial score (nSPS) is 17.1. The third-order valence-electron chi connectivity index (χ3n) is 6.00. The number of carbonyl (C=O) groups is 1. The SMILES string of the molecule is O=C(NC(CNc1cc(Cl)ccc1N1CCNCC1)Cc1ccccc1)C1=C(F)C=CCC1. The van der Waals surface area contributed by atoms with Crippen molar-refractivity contribution in [2.24, 2.45) is 0 Å². The van der Waals surface area contributed by atoms with E-state index in [0.717, 1.165) is 43.1 Å². The smallest absolute Gasteiger partial charge is 0.250 e. The van der Waals surface area contributed by atoms with Gasteiger partial charge < -0.3 is 20.9 Å². The van der Waals surface area contributed by atoms with Gasteiger partial charge in [0.25, 0.3) is 0 Å². The van der Waals surface area contributed by atoms with Gasteiger partial charge in [0.2, 0.25) is 5.91 Å². The highest BCUT2D eigenvalue weighted by Crippen LogP contribution is 2.29. The van der Waals surface area contributed by atoms with Crippen LogP contribution in [0.3, 0.4) is 0 Å². The Morgan fingerprint density at radius 3 is 2.70 bits per heavy atom. The number of benzene rings is 2. The molecule has 1 saturated heterocycles. The summed E-state index contributed by atoms with van der Waals surface area (Å²) in [6.45, 7) is 4.20. The lowest BCUT2D eigenvalue weighted by Crippen LogP contribution is -2.44. The lowest BCUT2D eigenvalue weighted by atomic mass is 10.0. The van der Waals surface area contributed by atoms with Gasteiger partial charge in [0.15, 0.2) is 0 Å². The van der Waals surface area contributed by atoms with Crippen LogP contribution in [0.1, 0.15) is 18.4 Å². The van der Waals surface area contributed by atoms with E-state index >= 15 is 0 Å². The molecule has 1 heterocycles. The maximum absolute atomic E-state index is 14.2. The summed E-state index contributed by atoms with van der Waals surface area (Å²) < 4.78 is 14.2. The molecule has 1 amide bonds. The van der Waals surface area contributed by atoms with E-state index in [2.05, 4.69) is 20.9 Å². The molecule has 1 aliphatic heterocycles. The van der Waals surface area contributed by atoms with Crippen LogP contribution in [0.5, 0.6) is 0 Å². The van der Waals surface area contributed by atoms with Gasteiger partial charge in [0.1, 0.15) is 5.83 Å². The Morgan fingerprint density at radius 2 is 1.94 bits per heavy atom. The minimum atomic E-state index is -0.444. The minimum absolute atomic E-state index is 0.221. The van der Waals surface area contributed by atoms with Crippen LogP contribution in [0.2, 0.25) is 5.02 Å². The molecular formula is C26H30ClFN4O. The van der Waals surface area contributed by atoms with E-state index in [1.165, 1.54) is 6.08 Å². The van der Waals surface area contributed by atoms with Crippen molar-refractivity contribution in [1.82, 2.24) is 10.6 Å². The van der Waals surface area contributed by atoms with Crippen molar-refractivity contribution in [2.75, 3.05) is 42.9 Å². The molecule has 0 aromatic heterocycles. The molecule has 4 rings (SSSR count). The van der Waals surface area contributed by atoms with E-state index in [1.54, 1.807) is 6.08 Å². The van der Waals surface area contributed by atoms with Crippen LogP contribution in [-0.2, 0) is 11.2 Å². The summed E-state index contributed by atoms with van der Waals surface area (Å²) in [5.74, 6) is -0.783. The molecular weight excluding hydrogens is 439 g/mol. The molecule has 0 saturated carbocycles. The molecule has 0 spiro atoms. The first kappa shape index (κ1) is 23.3. The van der Waals surface area contributed by atoms with E-state index in [4.69, 9.17) is 11.6 Å². The van der Waals surface area contributed by atoms with Gasteiger partial charge in [-0.3, -0.25) is 4.79 Å². The molecule has 1 aliphatic carbocycles. The monoisotopic (exact) mass is 468 g/mol. The number of hydrogen-bond acceptors (Lipinski definition) is 4. The Hall–Kier alpha value is -2.83. The van der Waals surface area contributed by atoms with Crippen LogP contribution >= 0.6 is 11.6 Å². The zero-order valence-electron chi connectivity index (χ0n) is 18.6. The summed E-state index contributed by atoms with van der Waals surface area (Å²) in [5.41, 5.74) is 3.36. The second-order valence-corrected chi connectivity index (χ2v) is 8.84. The van der Waals surface area contributed by atoms with E-state index < -0.39 is 5.83 Å². The molecule has 1 unspecified atom stereocenters. The van der Waals surface area contributed by atoms with Gasteiger partial charge in [0.05, 0.1) is 23.0 Å². The fraction of sp³-hybridized carbons (Fsp3) is 0.346. The molecule has 7 heteroatoms.